The Morgan fingerprint density at radius 3 is 2.22 bits per heavy atom. The van der Waals surface area contributed by atoms with Gasteiger partial charge in [0, 0.05) is 26.2 Å². The smallest absolute Gasteiger partial charge is 0.257 e. The maximum absolute atomic E-state index is 13.8. The number of halogens is 4. The highest BCUT2D eigenvalue weighted by Crippen LogP contribution is 2.27. The fraction of sp³-hybridized carbons (Fsp3) is 0.235. The van der Waals surface area contributed by atoms with Gasteiger partial charge in [0.2, 0.25) is 10.0 Å². The summed E-state index contributed by atoms with van der Waals surface area (Å²) in [5.41, 5.74) is -0.379. The number of carbonyl (C=O) groups is 1. The predicted octanol–water partition coefficient (Wildman–Crippen LogP) is 3.42. The van der Waals surface area contributed by atoms with Gasteiger partial charge >= 0.3 is 0 Å². The molecule has 10 heteroatoms. The predicted molar refractivity (Wildman–Crippen MR) is 97.5 cm³/mol. The number of hydrogen-bond donors (Lipinski definition) is 0. The Kier molecular flexibility index (Phi) is 5.71. The monoisotopic (exact) mass is 434 g/mol. The minimum atomic E-state index is -3.81. The minimum absolute atomic E-state index is 0.00662. The van der Waals surface area contributed by atoms with E-state index >= 15 is 0 Å². The molecule has 0 spiro atoms. The van der Waals surface area contributed by atoms with E-state index in [4.69, 9.17) is 23.2 Å². The van der Waals surface area contributed by atoms with Crippen LogP contribution in [-0.4, -0.2) is 49.7 Å². The molecule has 1 heterocycles. The molecular formula is C17H14Cl2F2N2O3S. The van der Waals surface area contributed by atoms with Crippen molar-refractivity contribution in [1.82, 2.24) is 9.21 Å². The number of rotatable bonds is 3. The van der Waals surface area contributed by atoms with Crippen molar-refractivity contribution in [3.63, 3.8) is 0 Å². The fourth-order valence-corrected chi connectivity index (χ4v) is 4.56. The summed E-state index contributed by atoms with van der Waals surface area (Å²) < 4.78 is 53.7. The molecule has 144 valence electrons. The Morgan fingerprint density at radius 2 is 1.59 bits per heavy atom. The Hall–Kier alpha value is -1.74. The molecule has 0 unspecified atom stereocenters. The topological polar surface area (TPSA) is 57.7 Å². The second-order valence-corrected chi connectivity index (χ2v) is 8.65. The van der Waals surface area contributed by atoms with Gasteiger partial charge in [-0.15, -0.1) is 0 Å². The van der Waals surface area contributed by atoms with Crippen molar-refractivity contribution < 1.29 is 22.0 Å². The number of hydrogen-bond acceptors (Lipinski definition) is 3. The molecule has 0 saturated carbocycles. The van der Waals surface area contributed by atoms with Gasteiger partial charge in [-0.2, -0.15) is 4.31 Å². The zero-order valence-electron chi connectivity index (χ0n) is 13.8. The normalized spacial score (nSPS) is 15.8. The minimum Gasteiger partial charge on any atom is -0.336 e. The molecule has 27 heavy (non-hydrogen) atoms. The number of benzene rings is 2. The molecule has 2 aromatic carbocycles. The standard InChI is InChI=1S/C17H14Cl2F2N2O3S/c18-14-3-2-12(10-15(14)19)27(25,26)23-7-5-22(6-8-23)17(24)13-9-11(20)1-4-16(13)21/h1-4,9-10H,5-8H2. The second kappa shape index (κ2) is 7.71. The van der Waals surface area contributed by atoms with Crippen molar-refractivity contribution in [2.24, 2.45) is 0 Å². The highest BCUT2D eigenvalue weighted by atomic mass is 35.5. The lowest BCUT2D eigenvalue weighted by molar-refractivity contribution is 0.0692. The lowest BCUT2D eigenvalue weighted by Crippen LogP contribution is -2.50. The highest BCUT2D eigenvalue weighted by Gasteiger charge is 2.31. The molecule has 3 rings (SSSR count). The summed E-state index contributed by atoms with van der Waals surface area (Å²) in [6.07, 6.45) is 0. The molecular weight excluding hydrogens is 421 g/mol. The molecule has 1 aliphatic heterocycles. The van der Waals surface area contributed by atoms with Crippen LogP contribution in [0.1, 0.15) is 10.4 Å². The van der Waals surface area contributed by atoms with Gasteiger partial charge in [-0.1, -0.05) is 23.2 Å². The maximum atomic E-state index is 13.8. The number of piperazine rings is 1. The summed E-state index contributed by atoms with van der Waals surface area (Å²) in [6, 6.07) is 6.64. The third kappa shape index (κ3) is 4.08. The summed E-state index contributed by atoms with van der Waals surface area (Å²) in [4.78, 5) is 13.7. The van der Waals surface area contributed by atoms with Crippen LogP contribution in [0.2, 0.25) is 10.0 Å². The number of nitrogens with zero attached hydrogens (tertiary/aromatic N) is 2. The molecule has 1 fully saturated rings. The zero-order valence-corrected chi connectivity index (χ0v) is 16.2. The lowest BCUT2D eigenvalue weighted by Gasteiger charge is -2.34. The van der Waals surface area contributed by atoms with E-state index in [1.165, 1.54) is 27.4 Å². The summed E-state index contributed by atoms with van der Waals surface area (Å²) in [6.45, 7) is 0.140. The lowest BCUT2D eigenvalue weighted by atomic mass is 10.1. The fourth-order valence-electron chi connectivity index (χ4n) is 2.75. The van der Waals surface area contributed by atoms with E-state index in [9.17, 15) is 22.0 Å². The molecule has 0 bridgehead atoms. The molecule has 0 aromatic heterocycles. The average molecular weight is 435 g/mol. The molecule has 5 nitrogen and oxygen atoms in total. The second-order valence-electron chi connectivity index (χ2n) is 5.90. The van der Waals surface area contributed by atoms with E-state index in [0.29, 0.717) is 0 Å². The first-order chi connectivity index (χ1) is 12.7. The SMILES string of the molecule is O=C(c1cc(F)ccc1F)N1CCN(S(=O)(=O)c2ccc(Cl)c(Cl)c2)CC1. The first-order valence-corrected chi connectivity index (χ1v) is 10.1. The van der Waals surface area contributed by atoms with Crippen LogP contribution in [0.3, 0.4) is 0 Å². The number of carbonyl (C=O) groups excluding carboxylic acids is 1. The molecule has 0 aliphatic carbocycles. The molecule has 1 amide bonds. The molecule has 1 aliphatic rings. The Balaban J connectivity index is 1.73. The van der Waals surface area contributed by atoms with E-state index in [2.05, 4.69) is 0 Å². The summed E-state index contributed by atoms with van der Waals surface area (Å²) >= 11 is 11.7. The zero-order chi connectivity index (χ0) is 19.8. The molecule has 0 atom stereocenters. The van der Waals surface area contributed by atoms with Crippen LogP contribution in [0.5, 0.6) is 0 Å². The Labute approximate surface area is 165 Å². The van der Waals surface area contributed by atoms with Gasteiger partial charge < -0.3 is 4.90 Å². The largest absolute Gasteiger partial charge is 0.336 e. The number of amides is 1. The van der Waals surface area contributed by atoms with E-state index < -0.39 is 27.6 Å². The van der Waals surface area contributed by atoms with Crippen LogP contribution in [0.4, 0.5) is 8.78 Å². The van der Waals surface area contributed by atoms with Crippen LogP contribution in [0.25, 0.3) is 0 Å². The van der Waals surface area contributed by atoms with Crippen molar-refractivity contribution >= 4 is 39.1 Å². The van der Waals surface area contributed by atoms with E-state index in [0.717, 1.165) is 18.2 Å². The maximum Gasteiger partial charge on any atom is 0.257 e. The average Bonchev–Trinajstić information content (AvgIpc) is 2.65. The van der Waals surface area contributed by atoms with Gasteiger partial charge in [-0.05, 0) is 36.4 Å². The van der Waals surface area contributed by atoms with Crippen LogP contribution >= 0.6 is 23.2 Å². The quantitative estimate of drug-likeness (QED) is 0.743. The summed E-state index contributed by atoms with van der Waals surface area (Å²) in [7, 11) is -3.81. The van der Waals surface area contributed by atoms with E-state index in [-0.39, 0.29) is 46.7 Å². The Morgan fingerprint density at radius 1 is 0.926 bits per heavy atom. The van der Waals surface area contributed by atoms with Gasteiger partial charge in [-0.3, -0.25) is 4.79 Å². The third-order valence-corrected chi connectivity index (χ3v) is 6.85. The van der Waals surface area contributed by atoms with Crippen LogP contribution in [0, 0.1) is 11.6 Å². The van der Waals surface area contributed by atoms with Crippen molar-refractivity contribution in [2.45, 2.75) is 4.90 Å². The summed E-state index contributed by atoms with van der Waals surface area (Å²) in [5.74, 6) is -2.23. The van der Waals surface area contributed by atoms with E-state index in [1.54, 1.807) is 0 Å². The van der Waals surface area contributed by atoms with Crippen LogP contribution in [-0.2, 0) is 10.0 Å². The van der Waals surface area contributed by atoms with Crippen LogP contribution in [0.15, 0.2) is 41.3 Å². The summed E-state index contributed by atoms with van der Waals surface area (Å²) in [5, 5.41) is 0.358. The molecule has 0 N–H and O–H groups in total. The van der Waals surface area contributed by atoms with Crippen molar-refractivity contribution in [1.29, 1.82) is 0 Å². The first-order valence-electron chi connectivity index (χ1n) is 7.89. The van der Waals surface area contributed by atoms with Gasteiger partial charge in [0.25, 0.3) is 5.91 Å². The molecule has 1 saturated heterocycles. The third-order valence-electron chi connectivity index (χ3n) is 4.21. The van der Waals surface area contributed by atoms with Gasteiger partial charge in [0.05, 0.1) is 20.5 Å². The van der Waals surface area contributed by atoms with E-state index in [1.807, 2.05) is 0 Å². The first kappa shape index (κ1) is 20.0. The Bertz CT molecular complexity index is 994. The van der Waals surface area contributed by atoms with Gasteiger partial charge in [0.15, 0.2) is 0 Å². The van der Waals surface area contributed by atoms with Crippen molar-refractivity contribution in [3.8, 4) is 0 Å². The number of sulfonamides is 1. The van der Waals surface area contributed by atoms with Crippen molar-refractivity contribution in [3.05, 3.63) is 63.6 Å². The highest BCUT2D eigenvalue weighted by molar-refractivity contribution is 7.89. The van der Waals surface area contributed by atoms with Crippen molar-refractivity contribution in [2.75, 3.05) is 26.2 Å². The van der Waals surface area contributed by atoms with Gasteiger partial charge in [-0.25, -0.2) is 17.2 Å². The van der Waals surface area contributed by atoms with Gasteiger partial charge in [0.1, 0.15) is 11.6 Å². The molecule has 2 aromatic rings. The van der Waals surface area contributed by atoms with Crippen LogP contribution < -0.4 is 0 Å². The molecule has 0 radical (unpaired) electrons.